The maximum absolute atomic E-state index is 13.4. The van der Waals surface area contributed by atoms with E-state index in [0.29, 0.717) is 18.7 Å². The number of nitrogens with zero attached hydrogens (tertiary/aromatic N) is 3. The molecule has 3 aromatic carbocycles. The van der Waals surface area contributed by atoms with Crippen LogP contribution in [-0.4, -0.2) is 20.6 Å². The van der Waals surface area contributed by atoms with Crippen LogP contribution in [0.5, 0.6) is 0 Å². The summed E-state index contributed by atoms with van der Waals surface area (Å²) < 4.78 is 1.91. The van der Waals surface area contributed by atoms with Crippen LogP contribution in [0.4, 0.5) is 5.69 Å². The molecule has 4 aromatic rings. The Morgan fingerprint density at radius 3 is 2.17 bits per heavy atom. The van der Waals surface area contributed by atoms with Gasteiger partial charge >= 0.3 is 0 Å². The van der Waals surface area contributed by atoms with Crippen molar-refractivity contribution in [3.05, 3.63) is 120 Å². The molecule has 1 aromatic heterocycles. The zero-order valence-electron chi connectivity index (χ0n) is 16.5. The molecule has 0 spiro atoms. The van der Waals surface area contributed by atoms with Gasteiger partial charge in [-0.3, -0.25) is 9.48 Å². The summed E-state index contributed by atoms with van der Waals surface area (Å²) in [7, 11) is 0. The smallest absolute Gasteiger partial charge is 0.258 e. The first-order valence-electron chi connectivity index (χ1n) is 10.0. The van der Waals surface area contributed by atoms with Gasteiger partial charge in [0.15, 0.2) is 0 Å². The topological polar surface area (TPSA) is 50.2 Å². The van der Waals surface area contributed by atoms with E-state index in [1.165, 1.54) is 5.56 Å². The Morgan fingerprint density at radius 2 is 1.43 bits per heavy atom. The Morgan fingerprint density at radius 1 is 0.800 bits per heavy atom. The maximum atomic E-state index is 13.4. The average molecular weight is 394 g/mol. The zero-order valence-corrected chi connectivity index (χ0v) is 16.5. The number of para-hydroxylation sites is 1. The van der Waals surface area contributed by atoms with Crippen LogP contribution in [0.25, 0.3) is 0 Å². The fourth-order valence-corrected chi connectivity index (χ4v) is 3.88. The number of hydrogen-bond acceptors (Lipinski definition) is 3. The molecule has 0 radical (unpaired) electrons. The summed E-state index contributed by atoms with van der Waals surface area (Å²) in [5.74, 6) is 0.0222. The quantitative estimate of drug-likeness (QED) is 0.534. The van der Waals surface area contributed by atoms with Crippen LogP contribution in [0.2, 0.25) is 0 Å². The zero-order chi connectivity index (χ0) is 20.3. The minimum Gasteiger partial charge on any atom is -0.361 e. The molecule has 5 nitrogen and oxygen atoms in total. The molecule has 1 unspecified atom stereocenters. The largest absolute Gasteiger partial charge is 0.361 e. The Labute approximate surface area is 175 Å². The molecule has 5 rings (SSSR count). The lowest BCUT2D eigenvalue weighted by Crippen LogP contribution is -2.42. The van der Waals surface area contributed by atoms with Crippen LogP contribution >= 0.6 is 0 Å². The minimum absolute atomic E-state index is 0.0222. The van der Waals surface area contributed by atoms with Crippen LogP contribution in [-0.2, 0) is 13.1 Å². The van der Waals surface area contributed by atoms with Crippen LogP contribution in [0.1, 0.15) is 33.2 Å². The van der Waals surface area contributed by atoms with Crippen LogP contribution in [0.15, 0.2) is 97.3 Å². The number of fused-ring (bicyclic) bond motifs is 1. The van der Waals surface area contributed by atoms with Crippen molar-refractivity contribution < 1.29 is 4.79 Å². The highest BCUT2D eigenvalue weighted by molar-refractivity contribution is 6.01. The van der Waals surface area contributed by atoms with E-state index in [4.69, 9.17) is 0 Å². The van der Waals surface area contributed by atoms with E-state index in [1.807, 2.05) is 94.8 Å². The molecular weight excluding hydrogens is 372 g/mol. The Hall–Kier alpha value is -3.86. The summed E-state index contributed by atoms with van der Waals surface area (Å²) in [5, 5.41) is 8.09. The fourth-order valence-electron chi connectivity index (χ4n) is 3.88. The Kier molecular flexibility index (Phi) is 4.77. The van der Waals surface area contributed by atoms with Gasteiger partial charge in [0.2, 0.25) is 0 Å². The van der Waals surface area contributed by atoms with E-state index < -0.39 is 0 Å². The molecule has 0 bridgehead atoms. The first kappa shape index (κ1) is 18.2. The SMILES string of the molecule is O=C1c2ccccc2NC(c2cnn(Cc3ccccc3)c2)N1Cc1ccccc1. The third-order valence-corrected chi connectivity index (χ3v) is 5.37. The maximum Gasteiger partial charge on any atom is 0.258 e. The van der Waals surface area contributed by atoms with Gasteiger partial charge in [0.1, 0.15) is 6.17 Å². The molecule has 0 fully saturated rings. The number of carbonyl (C=O) groups is 1. The highest BCUT2D eigenvalue weighted by atomic mass is 16.2. The number of nitrogens with one attached hydrogen (secondary N) is 1. The standard InChI is InChI=1S/C25H22N4O/c30-25-22-13-7-8-14-23(22)27-24(29(25)17-20-11-5-2-6-12-20)21-15-26-28(18-21)16-19-9-3-1-4-10-19/h1-15,18,24,27H,16-17H2. The third kappa shape index (κ3) is 3.57. The Balaban J connectivity index is 1.47. The molecule has 1 N–H and O–H groups in total. The molecule has 148 valence electrons. The summed E-state index contributed by atoms with van der Waals surface area (Å²) in [6.07, 6.45) is 3.58. The number of rotatable bonds is 5. The van der Waals surface area contributed by atoms with Crippen molar-refractivity contribution in [2.45, 2.75) is 19.3 Å². The lowest BCUT2D eigenvalue weighted by Gasteiger charge is -2.37. The van der Waals surface area contributed by atoms with Gasteiger partial charge in [-0.05, 0) is 23.3 Å². The van der Waals surface area contributed by atoms with Gasteiger partial charge in [-0.1, -0.05) is 72.8 Å². The van der Waals surface area contributed by atoms with Gasteiger partial charge in [0.05, 0.1) is 18.3 Å². The molecule has 0 saturated carbocycles. The fraction of sp³-hybridized carbons (Fsp3) is 0.120. The van der Waals surface area contributed by atoms with Crippen molar-refractivity contribution in [3.8, 4) is 0 Å². The van der Waals surface area contributed by atoms with Gasteiger partial charge in [0, 0.05) is 24.0 Å². The highest BCUT2D eigenvalue weighted by Crippen LogP contribution is 2.34. The second-order valence-corrected chi connectivity index (χ2v) is 7.47. The monoisotopic (exact) mass is 394 g/mol. The van der Waals surface area contributed by atoms with Crippen LogP contribution in [0.3, 0.4) is 0 Å². The minimum atomic E-state index is -0.280. The molecule has 1 amide bonds. The summed E-state index contributed by atoms with van der Waals surface area (Å²) in [5.41, 5.74) is 4.79. The molecule has 1 aliphatic heterocycles. The van der Waals surface area contributed by atoms with Crippen molar-refractivity contribution in [2.75, 3.05) is 5.32 Å². The van der Waals surface area contributed by atoms with Crippen molar-refractivity contribution >= 4 is 11.6 Å². The van der Waals surface area contributed by atoms with Gasteiger partial charge in [-0.15, -0.1) is 0 Å². The van der Waals surface area contributed by atoms with Crippen LogP contribution < -0.4 is 5.32 Å². The molecule has 30 heavy (non-hydrogen) atoms. The number of carbonyl (C=O) groups excluding carboxylic acids is 1. The number of amides is 1. The molecular formula is C25H22N4O. The Bertz CT molecular complexity index is 1150. The second-order valence-electron chi connectivity index (χ2n) is 7.47. The first-order valence-corrected chi connectivity index (χ1v) is 10.0. The first-order chi connectivity index (χ1) is 14.8. The average Bonchev–Trinajstić information content (AvgIpc) is 3.25. The van der Waals surface area contributed by atoms with E-state index >= 15 is 0 Å². The normalized spacial score (nSPS) is 15.5. The second kappa shape index (κ2) is 7.87. The molecule has 1 atom stereocenters. The lowest BCUT2D eigenvalue weighted by atomic mass is 10.0. The molecule has 5 heteroatoms. The highest BCUT2D eigenvalue weighted by Gasteiger charge is 2.33. The predicted molar refractivity (Wildman–Crippen MR) is 117 cm³/mol. The molecule has 0 aliphatic carbocycles. The van der Waals surface area contributed by atoms with E-state index in [0.717, 1.165) is 16.8 Å². The van der Waals surface area contributed by atoms with E-state index in [1.54, 1.807) is 0 Å². The van der Waals surface area contributed by atoms with Crippen molar-refractivity contribution in [1.29, 1.82) is 0 Å². The summed E-state index contributed by atoms with van der Waals surface area (Å²) in [6, 6.07) is 28.0. The van der Waals surface area contributed by atoms with E-state index in [9.17, 15) is 4.79 Å². The van der Waals surface area contributed by atoms with Crippen molar-refractivity contribution in [2.24, 2.45) is 0 Å². The van der Waals surface area contributed by atoms with Gasteiger partial charge < -0.3 is 10.2 Å². The summed E-state index contributed by atoms with van der Waals surface area (Å²) in [4.78, 5) is 15.2. The summed E-state index contributed by atoms with van der Waals surface area (Å²) in [6.45, 7) is 1.21. The number of aromatic nitrogens is 2. The summed E-state index contributed by atoms with van der Waals surface area (Å²) >= 11 is 0. The van der Waals surface area contributed by atoms with Gasteiger partial charge in [-0.2, -0.15) is 5.10 Å². The van der Waals surface area contributed by atoms with Crippen molar-refractivity contribution in [1.82, 2.24) is 14.7 Å². The number of anilines is 1. The number of benzene rings is 3. The predicted octanol–water partition coefficient (Wildman–Crippen LogP) is 4.70. The van der Waals surface area contributed by atoms with Gasteiger partial charge in [0.25, 0.3) is 5.91 Å². The van der Waals surface area contributed by atoms with E-state index in [-0.39, 0.29) is 12.1 Å². The number of hydrogen-bond donors (Lipinski definition) is 1. The molecule has 2 heterocycles. The van der Waals surface area contributed by atoms with E-state index in [2.05, 4.69) is 22.5 Å². The third-order valence-electron chi connectivity index (χ3n) is 5.37. The van der Waals surface area contributed by atoms with Gasteiger partial charge in [-0.25, -0.2) is 0 Å². The van der Waals surface area contributed by atoms with Crippen LogP contribution in [0, 0.1) is 0 Å². The molecule has 0 saturated heterocycles. The lowest BCUT2D eigenvalue weighted by molar-refractivity contribution is 0.0666. The molecule has 1 aliphatic rings. The van der Waals surface area contributed by atoms with Crippen molar-refractivity contribution in [3.63, 3.8) is 0 Å².